The summed E-state index contributed by atoms with van der Waals surface area (Å²) in [5, 5.41) is 0. The Hall–Kier alpha value is 1.58. The topological polar surface area (TPSA) is 0 Å². The van der Waals surface area contributed by atoms with Crippen molar-refractivity contribution in [3.63, 3.8) is 0 Å². The molecule has 0 rings (SSSR count). The van der Waals surface area contributed by atoms with Gasteiger partial charge in [-0.05, 0) is 0 Å². The fraction of sp³-hybridized carbons (Fsp3) is 0. The van der Waals surface area contributed by atoms with Crippen molar-refractivity contribution < 1.29 is 81.3 Å². The Morgan fingerprint density at radius 2 is 0.667 bits per heavy atom. The minimum absolute atomic E-state index is 0. The van der Waals surface area contributed by atoms with Crippen molar-refractivity contribution in [1.29, 1.82) is 0 Å². The average Bonchev–Trinajstić information content (AvgIpc) is 0.592. The molecule has 0 spiro atoms. The Morgan fingerprint density at radius 1 is 0.667 bits per heavy atom. The summed E-state index contributed by atoms with van der Waals surface area (Å²) in [6.45, 7) is 0. The molecule has 0 bridgehead atoms. The second-order valence-electron chi connectivity index (χ2n) is 0.958. The van der Waals surface area contributed by atoms with Crippen molar-refractivity contribution in [3.05, 3.63) is 0 Å². The quantitative estimate of drug-likeness (QED) is 0.307. The van der Waals surface area contributed by atoms with E-state index >= 15 is 0 Å². The maximum absolute atomic E-state index is 10.7. The fourth-order valence-corrected chi connectivity index (χ4v) is 0. The molecule has 0 amide bonds. The van der Waals surface area contributed by atoms with Crippen molar-refractivity contribution in [2.75, 3.05) is 0 Å². The molecule has 0 unspecified atom stereocenters. The smallest absolute Gasteiger partial charge is 1.00 e. The van der Waals surface area contributed by atoms with Gasteiger partial charge in [0.05, 0.1) is 0 Å². The molecule has 0 nitrogen and oxygen atoms in total. The Bertz CT molecular complexity index is 67.5. The minimum atomic E-state index is -10.7. The summed E-state index contributed by atoms with van der Waals surface area (Å²) in [6, 6.07) is 0. The third-order valence-corrected chi connectivity index (χ3v) is 0. The van der Waals surface area contributed by atoms with E-state index in [1.54, 1.807) is 0 Å². The van der Waals surface area contributed by atoms with Gasteiger partial charge >= 0.3 is 84.4 Å². The molecule has 0 aromatic heterocycles. The van der Waals surface area contributed by atoms with Crippen molar-refractivity contribution >= 4 is 7.81 Å². The normalized spacial score (nSPS) is 18.0. The van der Waals surface area contributed by atoms with E-state index in [0.29, 0.717) is 0 Å². The number of rotatable bonds is 0. The van der Waals surface area contributed by atoms with Crippen LogP contribution in [0.1, 0.15) is 0 Å². The van der Waals surface area contributed by atoms with Crippen LogP contribution >= 0.6 is 7.81 Å². The van der Waals surface area contributed by atoms with Crippen LogP contribution < -0.4 is 51.4 Å². The summed E-state index contributed by atoms with van der Waals surface area (Å²) in [7, 11) is -10.7. The predicted molar refractivity (Wildman–Crippen MR) is 16.1 cm³/mol. The molecular formula is HF7KP. The van der Waals surface area contributed by atoms with Gasteiger partial charge in [0.1, 0.15) is 0 Å². The molecule has 0 aromatic carbocycles. The van der Waals surface area contributed by atoms with Crippen molar-refractivity contribution in [1.82, 2.24) is 0 Å². The second-order valence-corrected chi connectivity index (χ2v) is 2.87. The van der Waals surface area contributed by atoms with E-state index in [2.05, 4.69) is 0 Å². The maximum atomic E-state index is 9.87. The number of hydrogen-bond donors (Lipinski definition) is 0. The van der Waals surface area contributed by atoms with Gasteiger partial charge in [0.25, 0.3) is 0 Å². The largest absolute Gasteiger partial charge is 1.00 e. The van der Waals surface area contributed by atoms with Gasteiger partial charge in [-0.15, -0.1) is 0 Å². The number of halogens is 7. The first-order valence-corrected chi connectivity index (χ1v) is 3.04. The van der Waals surface area contributed by atoms with Crippen molar-refractivity contribution in [2.24, 2.45) is 0 Å². The average molecular weight is 204 g/mol. The Morgan fingerprint density at radius 3 is 0.667 bits per heavy atom. The first-order chi connectivity index (χ1) is 2.45. The van der Waals surface area contributed by atoms with Crippen LogP contribution in [-0.4, -0.2) is 0 Å². The zero-order valence-corrected chi connectivity index (χ0v) is 8.14. The van der Waals surface area contributed by atoms with Crippen molar-refractivity contribution in [2.45, 2.75) is 0 Å². The first-order valence-electron chi connectivity index (χ1n) is 1.01. The predicted octanol–water partition coefficient (Wildman–Crippen LogP) is 0.539. The Balaban J connectivity index is -0.000000180. The molecule has 0 fully saturated rings. The van der Waals surface area contributed by atoms with E-state index in [9.17, 15) is 25.2 Å². The van der Waals surface area contributed by atoms with Gasteiger partial charge in [-0.2, -0.15) is 0 Å². The molecule has 0 atom stereocenters. The molecule has 0 aliphatic heterocycles. The van der Waals surface area contributed by atoms with Crippen LogP contribution in [0.3, 0.4) is 0 Å². The summed E-state index contributed by atoms with van der Waals surface area (Å²) < 4.78 is 59.2. The molecule has 9 heteroatoms. The first kappa shape index (κ1) is 16.9. The molecule has 0 heterocycles. The third-order valence-electron chi connectivity index (χ3n) is 0. The van der Waals surface area contributed by atoms with Gasteiger partial charge in [-0.1, -0.05) is 0 Å². The zero-order valence-electron chi connectivity index (χ0n) is 4.12. The number of hydrogen-bond acceptors (Lipinski definition) is 0. The van der Waals surface area contributed by atoms with Gasteiger partial charge in [-0.3, -0.25) is 4.70 Å². The fourth-order valence-electron chi connectivity index (χ4n) is 0. The summed E-state index contributed by atoms with van der Waals surface area (Å²) in [4.78, 5) is 0. The molecule has 0 N–H and O–H groups in total. The van der Waals surface area contributed by atoms with E-state index in [1.165, 1.54) is 0 Å². The molecule has 0 radical (unpaired) electrons. The van der Waals surface area contributed by atoms with Crippen LogP contribution in [0.15, 0.2) is 0 Å². The summed E-state index contributed by atoms with van der Waals surface area (Å²) in [6.07, 6.45) is 0. The second kappa shape index (κ2) is 2.56. The van der Waals surface area contributed by atoms with Crippen LogP contribution in [0.25, 0.3) is 0 Å². The monoisotopic (exact) mass is 204 g/mol. The van der Waals surface area contributed by atoms with Gasteiger partial charge < -0.3 is 0 Å². The van der Waals surface area contributed by atoms with Gasteiger partial charge in [-0.25, -0.2) is 0 Å². The van der Waals surface area contributed by atoms with Crippen LogP contribution in [0, 0.1) is 0 Å². The maximum Gasteiger partial charge on any atom is 1.00 e. The van der Waals surface area contributed by atoms with Crippen LogP contribution in [0.5, 0.6) is 0 Å². The molecule has 0 aromatic rings. The van der Waals surface area contributed by atoms with Gasteiger partial charge in [0.2, 0.25) is 0 Å². The minimum Gasteiger partial charge on any atom is 1.00 e. The standard InChI is InChI=1S/F6P.FH.K/c1-7(2,3,4,5)6;;/h;1H;/q-1;;+1. The van der Waals surface area contributed by atoms with Crippen molar-refractivity contribution in [3.8, 4) is 0 Å². The Kier molecular flexibility index (Phi) is 4.81. The van der Waals surface area contributed by atoms with Gasteiger partial charge in [0.15, 0.2) is 0 Å². The molecular weight excluding hydrogens is 203 g/mol. The van der Waals surface area contributed by atoms with Gasteiger partial charge in [0, 0.05) is 0 Å². The summed E-state index contributed by atoms with van der Waals surface area (Å²) >= 11 is 0. The molecule has 56 valence electrons. The summed E-state index contributed by atoms with van der Waals surface area (Å²) in [5.41, 5.74) is 0. The van der Waals surface area contributed by atoms with E-state index in [1.807, 2.05) is 0 Å². The Labute approximate surface area is 88.0 Å². The molecule has 0 saturated carbocycles. The van der Waals surface area contributed by atoms with E-state index < -0.39 is 7.81 Å². The molecule has 0 aliphatic carbocycles. The van der Waals surface area contributed by atoms with E-state index in [-0.39, 0.29) is 56.1 Å². The third kappa shape index (κ3) is 221. The molecule has 0 saturated heterocycles. The van der Waals surface area contributed by atoms with E-state index in [0.717, 1.165) is 0 Å². The van der Waals surface area contributed by atoms with Crippen LogP contribution in [-0.2, 0) is 0 Å². The SMILES string of the molecule is F.F[P-](F)(F)(F)(F)F.[K+]. The van der Waals surface area contributed by atoms with E-state index in [4.69, 9.17) is 0 Å². The molecule has 9 heavy (non-hydrogen) atoms. The van der Waals surface area contributed by atoms with Crippen LogP contribution in [0.2, 0.25) is 0 Å². The zero-order chi connectivity index (χ0) is 6.41. The van der Waals surface area contributed by atoms with Crippen LogP contribution in [0.4, 0.5) is 29.9 Å². The molecule has 0 aliphatic rings. The summed E-state index contributed by atoms with van der Waals surface area (Å²) in [5.74, 6) is 0.